The Hall–Kier alpha value is -0.390. The van der Waals surface area contributed by atoms with Gasteiger partial charge in [0.05, 0.1) is 6.04 Å². The van der Waals surface area contributed by atoms with Crippen LogP contribution in [0.1, 0.15) is 6.92 Å². The molecule has 0 bridgehead atoms. The first-order chi connectivity index (χ1) is 7.11. The molecule has 0 radical (unpaired) electrons. The normalized spacial score (nSPS) is 19.6. The lowest BCUT2D eigenvalue weighted by Gasteiger charge is -2.31. The minimum Gasteiger partial charge on any atom is -0.350 e. The SMILES string of the molecule is C=C(Br)CNC(=O)C(C)N1CCNCC1. The molecule has 0 spiro atoms. The van der Waals surface area contributed by atoms with Crippen LogP contribution in [0.2, 0.25) is 0 Å². The Bertz CT molecular complexity index is 239. The fraction of sp³-hybridized carbons (Fsp3) is 0.700. The van der Waals surface area contributed by atoms with Crippen molar-refractivity contribution in [3.8, 4) is 0 Å². The third-order valence-electron chi connectivity index (χ3n) is 2.53. The Labute approximate surface area is 99.2 Å². The Morgan fingerprint density at radius 2 is 2.20 bits per heavy atom. The topological polar surface area (TPSA) is 44.4 Å². The average molecular weight is 276 g/mol. The standard InChI is InChI=1S/C10H18BrN3O/c1-8(11)7-13-10(15)9(2)14-5-3-12-4-6-14/h9,12H,1,3-7H2,2H3,(H,13,15). The number of hydrogen-bond acceptors (Lipinski definition) is 3. The molecular weight excluding hydrogens is 258 g/mol. The van der Waals surface area contributed by atoms with Gasteiger partial charge in [0, 0.05) is 37.2 Å². The van der Waals surface area contributed by atoms with Gasteiger partial charge in [0.15, 0.2) is 0 Å². The van der Waals surface area contributed by atoms with Crippen LogP contribution in [0.15, 0.2) is 11.1 Å². The molecule has 1 fully saturated rings. The van der Waals surface area contributed by atoms with Crippen molar-refractivity contribution in [2.45, 2.75) is 13.0 Å². The van der Waals surface area contributed by atoms with Crippen LogP contribution < -0.4 is 10.6 Å². The fourth-order valence-corrected chi connectivity index (χ4v) is 1.71. The lowest BCUT2D eigenvalue weighted by atomic mass is 10.2. The second-order valence-electron chi connectivity index (χ2n) is 3.70. The third-order valence-corrected chi connectivity index (χ3v) is 2.81. The number of carbonyl (C=O) groups excluding carboxylic acids is 1. The number of nitrogens with zero attached hydrogens (tertiary/aromatic N) is 1. The van der Waals surface area contributed by atoms with Crippen LogP contribution in [0.5, 0.6) is 0 Å². The summed E-state index contributed by atoms with van der Waals surface area (Å²) in [7, 11) is 0. The van der Waals surface area contributed by atoms with Crippen LogP contribution in [0.25, 0.3) is 0 Å². The average Bonchev–Trinajstić information content (AvgIpc) is 2.26. The number of rotatable bonds is 4. The van der Waals surface area contributed by atoms with E-state index in [1.54, 1.807) is 0 Å². The fourth-order valence-electron chi connectivity index (χ4n) is 1.57. The van der Waals surface area contributed by atoms with E-state index in [-0.39, 0.29) is 11.9 Å². The molecule has 0 aliphatic carbocycles. The Balaban J connectivity index is 2.33. The van der Waals surface area contributed by atoms with Crippen LogP contribution in [0.4, 0.5) is 0 Å². The van der Waals surface area contributed by atoms with Crippen molar-refractivity contribution in [3.05, 3.63) is 11.1 Å². The van der Waals surface area contributed by atoms with E-state index in [2.05, 4.69) is 38.0 Å². The summed E-state index contributed by atoms with van der Waals surface area (Å²) < 4.78 is 0.795. The molecule has 5 heteroatoms. The molecule has 0 saturated carbocycles. The highest BCUT2D eigenvalue weighted by atomic mass is 79.9. The second kappa shape index (κ2) is 6.25. The number of piperazine rings is 1. The van der Waals surface area contributed by atoms with Crippen molar-refractivity contribution in [2.75, 3.05) is 32.7 Å². The summed E-state index contributed by atoms with van der Waals surface area (Å²) in [6.45, 7) is 9.91. The molecular formula is C10H18BrN3O. The maximum Gasteiger partial charge on any atom is 0.237 e. The van der Waals surface area contributed by atoms with Crippen LogP contribution in [0, 0.1) is 0 Å². The van der Waals surface area contributed by atoms with E-state index < -0.39 is 0 Å². The highest BCUT2D eigenvalue weighted by molar-refractivity contribution is 9.11. The summed E-state index contributed by atoms with van der Waals surface area (Å²) in [5.74, 6) is 0.0671. The van der Waals surface area contributed by atoms with Crippen molar-refractivity contribution in [1.29, 1.82) is 0 Å². The van der Waals surface area contributed by atoms with Gasteiger partial charge in [0.1, 0.15) is 0 Å². The van der Waals surface area contributed by atoms with Crippen molar-refractivity contribution in [1.82, 2.24) is 15.5 Å². The van der Waals surface area contributed by atoms with Crippen LogP contribution in [0.3, 0.4) is 0 Å². The zero-order chi connectivity index (χ0) is 11.3. The zero-order valence-corrected chi connectivity index (χ0v) is 10.6. The van der Waals surface area contributed by atoms with E-state index in [1.807, 2.05) is 6.92 Å². The van der Waals surface area contributed by atoms with E-state index in [4.69, 9.17) is 0 Å². The molecule has 86 valence electrons. The first-order valence-electron chi connectivity index (χ1n) is 5.17. The largest absolute Gasteiger partial charge is 0.350 e. The van der Waals surface area contributed by atoms with Gasteiger partial charge in [-0.05, 0) is 6.92 Å². The van der Waals surface area contributed by atoms with E-state index in [1.165, 1.54) is 0 Å². The molecule has 1 aliphatic rings. The summed E-state index contributed by atoms with van der Waals surface area (Å²) in [6, 6.07) is -0.0565. The number of halogens is 1. The molecule has 1 aliphatic heterocycles. The number of hydrogen-bond donors (Lipinski definition) is 2. The first-order valence-corrected chi connectivity index (χ1v) is 5.96. The minimum atomic E-state index is -0.0565. The molecule has 1 rings (SSSR count). The summed E-state index contributed by atoms with van der Waals surface area (Å²) in [5.41, 5.74) is 0. The van der Waals surface area contributed by atoms with Gasteiger partial charge >= 0.3 is 0 Å². The van der Waals surface area contributed by atoms with Gasteiger partial charge in [0.25, 0.3) is 0 Å². The zero-order valence-electron chi connectivity index (χ0n) is 9.05. The lowest BCUT2D eigenvalue weighted by molar-refractivity contribution is -0.125. The molecule has 15 heavy (non-hydrogen) atoms. The predicted octanol–water partition coefficient (Wildman–Crippen LogP) is 0.305. The summed E-state index contributed by atoms with van der Waals surface area (Å²) in [5, 5.41) is 6.10. The van der Waals surface area contributed by atoms with Gasteiger partial charge in [-0.15, -0.1) is 0 Å². The quantitative estimate of drug-likeness (QED) is 0.776. The molecule has 1 unspecified atom stereocenters. The minimum absolute atomic E-state index is 0.0565. The summed E-state index contributed by atoms with van der Waals surface area (Å²) >= 11 is 3.22. The van der Waals surface area contributed by atoms with Gasteiger partial charge in [-0.2, -0.15) is 0 Å². The summed E-state index contributed by atoms with van der Waals surface area (Å²) in [6.07, 6.45) is 0. The molecule has 0 aromatic heterocycles. The highest BCUT2D eigenvalue weighted by Gasteiger charge is 2.21. The van der Waals surface area contributed by atoms with E-state index in [0.717, 1.165) is 30.7 Å². The molecule has 1 amide bonds. The van der Waals surface area contributed by atoms with Gasteiger partial charge in [-0.25, -0.2) is 0 Å². The lowest BCUT2D eigenvalue weighted by Crippen LogP contribution is -2.52. The molecule has 1 heterocycles. The Kier molecular flexibility index (Phi) is 5.28. The molecule has 0 aromatic carbocycles. The summed E-state index contributed by atoms with van der Waals surface area (Å²) in [4.78, 5) is 13.9. The monoisotopic (exact) mass is 275 g/mol. The highest BCUT2D eigenvalue weighted by Crippen LogP contribution is 2.02. The van der Waals surface area contributed by atoms with E-state index in [9.17, 15) is 4.79 Å². The smallest absolute Gasteiger partial charge is 0.237 e. The number of amides is 1. The van der Waals surface area contributed by atoms with Gasteiger partial charge in [-0.3, -0.25) is 9.69 Å². The van der Waals surface area contributed by atoms with Crippen molar-refractivity contribution < 1.29 is 4.79 Å². The van der Waals surface area contributed by atoms with Crippen molar-refractivity contribution in [3.63, 3.8) is 0 Å². The first kappa shape index (κ1) is 12.7. The number of carbonyl (C=O) groups is 1. The maximum absolute atomic E-state index is 11.7. The molecule has 1 atom stereocenters. The third kappa shape index (κ3) is 4.32. The molecule has 4 nitrogen and oxygen atoms in total. The van der Waals surface area contributed by atoms with E-state index in [0.29, 0.717) is 6.54 Å². The predicted molar refractivity (Wildman–Crippen MR) is 65.0 cm³/mol. The Morgan fingerprint density at radius 1 is 1.60 bits per heavy atom. The number of nitrogens with one attached hydrogen (secondary N) is 2. The molecule has 0 aromatic rings. The van der Waals surface area contributed by atoms with Crippen LogP contribution in [-0.2, 0) is 4.79 Å². The van der Waals surface area contributed by atoms with Gasteiger partial charge in [-0.1, -0.05) is 22.5 Å². The van der Waals surface area contributed by atoms with Gasteiger partial charge < -0.3 is 10.6 Å². The Morgan fingerprint density at radius 3 is 2.73 bits per heavy atom. The van der Waals surface area contributed by atoms with Crippen LogP contribution in [-0.4, -0.2) is 49.6 Å². The van der Waals surface area contributed by atoms with Crippen molar-refractivity contribution in [2.24, 2.45) is 0 Å². The van der Waals surface area contributed by atoms with Crippen LogP contribution >= 0.6 is 15.9 Å². The van der Waals surface area contributed by atoms with Gasteiger partial charge in [0.2, 0.25) is 5.91 Å². The maximum atomic E-state index is 11.7. The second-order valence-corrected chi connectivity index (χ2v) is 4.82. The molecule has 2 N–H and O–H groups in total. The molecule has 1 saturated heterocycles. The van der Waals surface area contributed by atoms with E-state index >= 15 is 0 Å². The van der Waals surface area contributed by atoms with Crippen molar-refractivity contribution >= 4 is 21.8 Å².